The van der Waals surface area contributed by atoms with Crippen LogP contribution in [0.1, 0.15) is 60.4 Å². The molecule has 1 saturated heterocycles. The molecular weight excluding hydrogens is 362 g/mol. The highest BCUT2D eigenvalue weighted by Crippen LogP contribution is 2.24. The molecule has 1 unspecified atom stereocenters. The molecule has 0 saturated carbocycles. The Hall–Kier alpha value is -1.92. The first-order chi connectivity index (χ1) is 12.6. The highest BCUT2D eigenvalue weighted by atomic mass is 35.5. The Morgan fingerprint density at radius 1 is 1.26 bits per heavy atom. The lowest BCUT2D eigenvalue weighted by atomic mass is 9.88. The predicted octanol–water partition coefficient (Wildman–Crippen LogP) is 3.10. The second kappa shape index (κ2) is 9.85. The number of hydrogen-bond acceptors (Lipinski definition) is 4. The van der Waals surface area contributed by atoms with Gasteiger partial charge in [0, 0.05) is 12.5 Å². The summed E-state index contributed by atoms with van der Waals surface area (Å²) in [7, 11) is 0. The van der Waals surface area contributed by atoms with Gasteiger partial charge in [-0.25, -0.2) is 4.68 Å². The summed E-state index contributed by atoms with van der Waals surface area (Å²) in [6, 6.07) is 10.7. The van der Waals surface area contributed by atoms with Crippen molar-refractivity contribution in [1.82, 2.24) is 25.6 Å². The zero-order chi connectivity index (χ0) is 18.5. The normalized spacial score (nSPS) is 16.0. The molecule has 1 aliphatic rings. The number of piperidine rings is 1. The van der Waals surface area contributed by atoms with Gasteiger partial charge in [0.05, 0.1) is 11.7 Å². The van der Waals surface area contributed by atoms with Crippen molar-refractivity contribution >= 4 is 18.3 Å². The van der Waals surface area contributed by atoms with Crippen LogP contribution in [0.25, 0.3) is 0 Å². The molecule has 1 amide bonds. The Balaban J connectivity index is 0.00000261. The average molecular weight is 392 g/mol. The molecule has 0 bridgehead atoms. The monoisotopic (exact) mass is 391 g/mol. The third kappa shape index (κ3) is 5.08. The van der Waals surface area contributed by atoms with Gasteiger partial charge in [0.25, 0.3) is 5.91 Å². The van der Waals surface area contributed by atoms with Crippen LogP contribution < -0.4 is 10.6 Å². The molecule has 27 heavy (non-hydrogen) atoms. The van der Waals surface area contributed by atoms with Crippen molar-refractivity contribution in [2.24, 2.45) is 5.92 Å². The Kier molecular flexibility index (Phi) is 7.80. The lowest BCUT2D eigenvalue weighted by Gasteiger charge is -2.23. The van der Waals surface area contributed by atoms with Crippen LogP contribution in [0, 0.1) is 12.8 Å². The van der Waals surface area contributed by atoms with E-state index in [1.165, 1.54) is 5.56 Å². The Morgan fingerprint density at radius 2 is 1.93 bits per heavy atom. The van der Waals surface area contributed by atoms with Gasteiger partial charge in [-0.1, -0.05) is 49.4 Å². The first kappa shape index (κ1) is 21.4. The maximum Gasteiger partial charge on any atom is 0.273 e. The lowest BCUT2D eigenvalue weighted by Crippen LogP contribution is -2.32. The number of benzene rings is 1. The van der Waals surface area contributed by atoms with Gasteiger partial charge in [0.1, 0.15) is 0 Å². The molecule has 148 valence electrons. The molecular formula is C20H30ClN5O. The zero-order valence-corrected chi connectivity index (χ0v) is 17.1. The number of aromatic nitrogens is 3. The van der Waals surface area contributed by atoms with Crippen molar-refractivity contribution in [3.05, 3.63) is 47.3 Å². The fraction of sp³-hybridized carbons (Fsp3) is 0.550. The van der Waals surface area contributed by atoms with Gasteiger partial charge < -0.3 is 10.6 Å². The predicted molar refractivity (Wildman–Crippen MR) is 110 cm³/mol. The molecule has 1 aromatic carbocycles. The number of carbonyl (C=O) groups excluding carboxylic acids is 1. The lowest BCUT2D eigenvalue weighted by molar-refractivity contribution is 0.0943. The van der Waals surface area contributed by atoms with Gasteiger partial charge in [0.2, 0.25) is 0 Å². The number of nitrogens with zero attached hydrogens (tertiary/aromatic N) is 3. The second-order valence-electron chi connectivity index (χ2n) is 7.42. The topological polar surface area (TPSA) is 71.8 Å². The highest BCUT2D eigenvalue weighted by Gasteiger charge is 2.24. The van der Waals surface area contributed by atoms with Crippen molar-refractivity contribution in [3.63, 3.8) is 0 Å². The molecule has 7 heteroatoms. The molecule has 1 fully saturated rings. The number of amides is 1. The first-order valence-electron chi connectivity index (χ1n) is 9.53. The molecule has 2 N–H and O–H groups in total. The van der Waals surface area contributed by atoms with E-state index >= 15 is 0 Å². The van der Waals surface area contributed by atoms with Gasteiger partial charge in [-0.15, -0.1) is 17.5 Å². The second-order valence-corrected chi connectivity index (χ2v) is 7.42. The molecule has 1 aromatic heterocycles. The summed E-state index contributed by atoms with van der Waals surface area (Å²) in [4.78, 5) is 12.7. The smallest absolute Gasteiger partial charge is 0.273 e. The van der Waals surface area contributed by atoms with Crippen LogP contribution >= 0.6 is 12.4 Å². The molecule has 0 spiro atoms. The molecule has 0 radical (unpaired) electrons. The fourth-order valence-corrected chi connectivity index (χ4v) is 3.67. The summed E-state index contributed by atoms with van der Waals surface area (Å²) < 4.78 is 1.92. The summed E-state index contributed by atoms with van der Waals surface area (Å²) in [5, 5.41) is 14.8. The average Bonchev–Trinajstić information content (AvgIpc) is 3.04. The van der Waals surface area contributed by atoms with Crippen molar-refractivity contribution < 1.29 is 4.79 Å². The number of carbonyl (C=O) groups is 1. The standard InChI is InChI=1S/C20H29N5O.ClH/c1-14(2)18(16-7-5-4-6-8-16)13-22-20(26)19-15(3)25(24-23-19)17-9-11-21-12-10-17;/h4-8,14,17-18,21H,9-13H2,1-3H3,(H,22,26);1H. The maximum absolute atomic E-state index is 12.7. The molecule has 6 nitrogen and oxygen atoms in total. The molecule has 0 aliphatic carbocycles. The van der Waals surface area contributed by atoms with Crippen LogP contribution in [0.3, 0.4) is 0 Å². The van der Waals surface area contributed by atoms with Crippen molar-refractivity contribution in [2.75, 3.05) is 19.6 Å². The largest absolute Gasteiger partial charge is 0.350 e. The van der Waals surface area contributed by atoms with Crippen molar-refractivity contribution in [2.45, 2.75) is 45.6 Å². The van der Waals surface area contributed by atoms with Crippen LogP contribution in [0.2, 0.25) is 0 Å². The number of halogens is 1. The minimum atomic E-state index is -0.135. The molecule has 1 aliphatic heterocycles. The zero-order valence-electron chi connectivity index (χ0n) is 16.3. The van der Waals surface area contributed by atoms with E-state index in [4.69, 9.17) is 0 Å². The first-order valence-corrected chi connectivity index (χ1v) is 9.53. The minimum Gasteiger partial charge on any atom is -0.350 e. The van der Waals surface area contributed by atoms with E-state index < -0.39 is 0 Å². The van der Waals surface area contributed by atoms with Crippen molar-refractivity contribution in [3.8, 4) is 0 Å². The summed E-state index contributed by atoms with van der Waals surface area (Å²) in [5.41, 5.74) is 2.55. The molecule has 2 heterocycles. The Bertz CT molecular complexity index is 725. The fourth-order valence-electron chi connectivity index (χ4n) is 3.67. The number of hydrogen-bond donors (Lipinski definition) is 2. The third-order valence-corrected chi connectivity index (χ3v) is 5.31. The maximum atomic E-state index is 12.7. The van der Waals surface area contributed by atoms with Crippen LogP contribution in [-0.4, -0.2) is 40.5 Å². The van der Waals surface area contributed by atoms with E-state index in [2.05, 4.69) is 46.9 Å². The van der Waals surface area contributed by atoms with E-state index in [0.717, 1.165) is 31.6 Å². The van der Waals surface area contributed by atoms with Gasteiger partial charge in [-0.05, 0) is 44.3 Å². The number of nitrogens with one attached hydrogen (secondary N) is 2. The highest BCUT2D eigenvalue weighted by molar-refractivity contribution is 5.93. The van der Waals surface area contributed by atoms with Crippen LogP contribution in [0.5, 0.6) is 0 Å². The molecule has 1 atom stereocenters. The summed E-state index contributed by atoms with van der Waals surface area (Å²) in [6.07, 6.45) is 2.05. The molecule has 3 rings (SSSR count). The van der Waals surface area contributed by atoms with E-state index in [9.17, 15) is 4.79 Å². The van der Waals surface area contributed by atoms with E-state index in [1.54, 1.807) is 0 Å². The van der Waals surface area contributed by atoms with Gasteiger partial charge in [-0.3, -0.25) is 4.79 Å². The van der Waals surface area contributed by atoms with E-state index in [1.807, 2.05) is 29.8 Å². The van der Waals surface area contributed by atoms with Crippen LogP contribution in [0.4, 0.5) is 0 Å². The third-order valence-electron chi connectivity index (χ3n) is 5.31. The molecule has 2 aromatic rings. The Labute approximate surface area is 167 Å². The summed E-state index contributed by atoms with van der Waals surface area (Å²) >= 11 is 0. The van der Waals surface area contributed by atoms with Gasteiger partial charge in [0.15, 0.2) is 5.69 Å². The minimum absolute atomic E-state index is 0. The number of rotatable bonds is 6. The van der Waals surface area contributed by atoms with Gasteiger partial charge in [-0.2, -0.15) is 0 Å². The quantitative estimate of drug-likeness (QED) is 0.793. The van der Waals surface area contributed by atoms with Crippen molar-refractivity contribution in [1.29, 1.82) is 0 Å². The summed E-state index contributed by atoms with van der Waals surface area (Å²) in [5.74, 6) is 0.577. The van der Waals surface area contributed by atoms with Gasteiger partial charge >= 0.3 is 0 Å². The Morgan fingerprint density at radius 3 is 2.56 bits per heavy atom. The van der Waals surface area contributed by atoms with E-state index in [0.29, 0.717) is 24.2 Å². The summed E-state index contributed by atoms with van der Waals surface area (Å²) in [6.45, 7) is 8.87. The van der Waals surface area contributed by atoms with Crippen LogP contribution in [-0.2, 0) is 0 Å². The van der Waals surface area contributed by atoms with Crippen LogP contribution in [0.15, 0.2) is 30.3 Å². The SMILES string of the molecule is Cc1c(C(=O)NCC(c2ccccc2)C(C)C)nnn1C1CCNCC1.Cl. The van der Waals surface area contributed by atoms with E-state index in [-0.39, 0.29) is 24.2 Å².